The Kier molecular flexibility index (Phi) is 7.65. The molecule has 3 aromatic rings. The maximum atomic E-state index is 12.2. The summed E-state index contributed by atoms with van der Waals surface area (Å²) in [6, 6.07) is 5.18. The van der Waals surface area contributed by atoms with Gasteiger partial charge in [-0.1, -0.05) is 12.1 Å². The number of fused-ring (bicyclic) bond motifs is 1. The highest BCUT2D eigenvalue weighted by Crippen LogP contribution is 2.32. The first-order chi connectivity index (χ1) is 18.0. The number of ether oxygens (including phenoxy) is 1. The molecule has 38 heavy (non-hydrogen) atoms. The summed E-state index contributed by atoms with van der Waals surface area (Å²) in [4.78, 5) is 47.2. The topological polar surface area (TPSA) is 246 Å². The minimum atomic E-state index is -4.67. The minimum Gasteiger partial charge on any atom is -0.478 e. The number of rotatable bonds is 10. The number of Topliss-reactive ketones (excluding diaryl/α,β-unsaturated/α-hetero) is 1. The van der Waals surface area contributed by atoms with Gasteiger partial charge >= 0.3 is 16.3 Å². The zero-order valence-corrected chi connectivity index (χ0v) is 20.2. The van der Waals surface area contributed by atoms with Gasteiger partial charge in [-0.05, 0) is 12.1 Å². The van der Waals surface area contributed by atoms with E-state index in [9.17, 15) is 33.0 Å². The molecule has 1 fully saturated rings. The zero-order valence-electron chi connectivity index (χ0n) is 19.4. The second-order valence-corrected chi connectivity index (χ2v) is 9.55. The van der Waals surface area contributed by atoms with Crippen molar-refractivity contribution in [3.8, 4) is 0 Å². The SMILES string of the molecule is Nc1ncnc2c1ncn2[C@@H]1O[C@H](COS(=O)(=O)NC(=O)CCC(=O)c2cccc(C(=O)O)c2)[C@@H](O)[C@H]1O. The number of benzene rings is 1. The third-order valence-corrected chi connectivity index (χ3v) is 6.56. The van der Waals surface area contributed by atoms with Gasteiger partial charge in [0.25, 0.3) is 0 Å². The summed E-state index contributed by atoms with van der Waals surface area (Å²) < 4.78 is 37.6. The maximum absolute atomic E-state index is 12.2. The maximum Gasteiger partial charge on any atom is 0.362 e. The lowest BCUT2D eigenvalue weighted by Crippen LogP contribution is -2.37. The lowest BCUT2D eigenvalue weighted by Gasteiger charge is -2.16. The molecule has 0 unspecified atom stereocenters. The molecule has 1 saturated heterocycles. The van der Waals surface area contributed by atoms with Crippen molar-refractivity contribution in [1.82, 2.24) is 24.2 Å². The molecule has 16 nitrogen and oxygen atoms in total. The number of carbonyl (C=O) groups is 3. The fourth-order valence-electron chi connectivity index (χ4n) is 3.73. The van der Waals surface area contributed by atoms with Crippen LogP contribution in [0.3, 0.4) is 0 Å². The molecule has 0 saturated carbocycles. The third kappa shape index (κ3) is 5.76. The summed E-state index contributed by atoms with van der Waals surface area (Å²) >= 11 is 0. The highest BCUT2D eigenvalue weighted by atomic mass is 32.2. The van der Waals surface area contributed by atoms with E-state index in [1.165, 1.54) is 35.4 Å². The van der Waals surface area contributed by atoms with Crippen LogP contribution in [0.15, 0.2) is 36.9 Å². The second kappa shape index (κ2) is 10.8. The van der Waals surface area contributed by atoms with E-state index < -0.39 is 72.0 Å². The Balaban J connectivity index is 1.31. The number of hydrogen-bond donors (Lipinski definition) is 5. The predicted octanol–water partition coefficient (Wildman–Crippen LogP) is -1.23. The molecule has 4 atom stereocenters. The Morgan fingerprint density at radius 3 is 2.58 bits per heavy atom. The van der Waals surface area contributed by atoms with E-state index in [1.54, 1.807) is 4.72 Å². The number of aromatic nitrogens is 4. The largest absolute Gasteiger partial charge is 0.478 e. The van der Waals surface area contributed by atoms with E-state index in [-0.39, 0.29) is 28.1 Å². The van der Waals surface area contributed by atoms with E-state index in [2.05, 4.69) is 15.0 Å². The summed E-state index contributed by atoms with van der Waals surface area (Å²) in [5.74, 6) is -2.77. The van der Waals surface area contributed by atoms with Crippen molar-refractivity contribution in [1.29, 1.82) is 0 Å². The van der Waals surface area contributed by atoms with Gasteiger partial charge in [0, 0.05) is 18.4 Å². The number of anilines is 1. The fourth-order valence-corrected chi connectivity index (χ4v) is 4.48. The van der Waals surface area contributed by atoms with Gasteiger partial charge < -0.3 is 25.8 Å². The first-order valence-corrected chi connectivity index (χ1v) is 12.4. The number of nitrogens with two attached hydrogens (primary N) is 1. The van der Waals surface area contributed by atoms with E-state index in [0.717, 1.165) is 6.07 Å². The van der Waals surface area contributed by atoms with Crippen molar-refractivity contribution in [2.45, 2.75) is 37.4 Å². The molecule has 0 spiro atoms. The van der Waals surface area contributed by atoms with Crippen LogP contribution in [0.1, 0.15) is 39.8 Å². The summed E-state index contributed by atoms with van der Waals surface area (Å²) in [7, 11) is -4.67. The number of nitrogen functional groups attached to an aromatic ring is 1. The van der Waals surface area contributed by atoms with Crippen LogP contribution in [0.25, 0.3) is 11.2 Å². The Bertz CT molecular complexity index is 1490. The molecule has 0 bridgehead atoms. The van der Waals surface area contributed by atoms with Crippen LogP contribution < -0.4 is 10.5 Å². The number of aromatic carboxylic acids is 1. The monoisotopic (exact) mass is 550 g/mol. The van der Waals surface area contributed by atoms with Crippen molar-refractivity contribution in [2.75, 3.05) is 12.3 Å². The van der Waals surface area contributed by atoms with Crippen molar-refractivity contribution < 1.29 is 47.0 Å². The van der Waals surface area contributed by atoms with Gasteiger partial charge in [-0.2, -0.15) is 8.42 Å². The number of imidazole rings is 1. The molecule has 0 aliphatic carbocycles. The smallest absolute Gasteiger partial charge is 0.362 e. The minimum absolute atomic E-state index is 0.0529. The van der Waals surface area contributed by atoms with E-state index >= 15 is 0 Å². The fraction of sp³-hybridized carbons (Fsp3) is 0.333. The van der Waals surface area contributed by atoms with Gasteiger partial charge in [0.05, 0.1) is 18.5 Å². The van der Waals surface area contributed by atoms with Crippen LogP contribution in [0.5, 0.6) is 0 Å². The van der Waals surface area contributed by atoms with Crippen LogP contribution in [-0.4, -0.2) is 85.8 Å². The molecule has 1 amide bonds. The standard InChI is InChI=1S/C21H22N6O10S/c22-18-15-19(24-8-23-18)27(9-25-15)20-17(31)16(30)13(37-20)7-36-38(34,35)26-14(29)5-4-12(28)10-2-1-3-11(6-10)21(32)33/h1-3,6,8-9,13,16-17,20,30-31H,4-5,7H2,(H,26,29)(H,32,33)(H2,22,23,24)/t13-,16-,17-,20-/m1/s1. The quantitative estimate of drug-likeness (QED) is 0.185. The lowest BCUT2D eigenvalue weighted by atomic mass is 10.0. The normalized spacial score (nSPS) is 21.4. The molecule has 6 N–H and O–H groups in total. The molecular formula is C21H22N6O10S. The summed E-state index contributed by atoms with van der Waals surface area (Å²) in [6.07, 6.45) is -4.10. The van der Waals surface area contributed by atoms with E-state index in [1.807, 2.05) is 0 Å². The Morgan fingerprint density at radius 1 is 1.11 bits per heavy atom. The number of carbonyl (C=O) groups excluding carboxylic acids is 2. The van der Waals surface area contributed by atoms with E-state index in [0.29, 0.717) is 0 Å². The Morgan fingerprint density at radius 2 is 1.84 bits per heavy atom. The average molecular weight is 551 g/mol. The van der Waals surface area contributed by atoms with E-state index in [4.69, 9.17) is 19.8 Å². The van der Waals surface area contributed by atoms with Crippen LogP contribution in [0.2, 0.25) is 0 Å². The Labute approximate surface area is 214 Å². The molecule has 17 heteroatoms. The third-order valence-electron chi connectivity index (χ3n) is 5.64. The number of amides is 1. The number of aliphatic hydroxyl groups is 2. The molecule has 3 heterocycles. The molecule has 1 aliphatic heterocycles. The van der Waals surface area contributed by atoms with Crippen molar-refractivity contribution in [3.05, 3.63) is 48.0 Å². The van der Waals surface area contributed by atoms with Gasteiger partial charge in [-0.25, -0.2) is 24.5 Å². The predicted molar refractivity (Wildman–Crippen MR) is 126 cm³/mol. The van der Waals surface area contributed by atoms with Gasteiger partial charge in [0.15, 0.2) is 23.5 Å². The molecule has 1 aliphatic rings. The van der Waals surface area contributed by atoms with Gasteiger partial charge in [0.2, 0.25) is 5.91 Å². The number of nitrogens with zero attached hydrogens (tertiary/aromatic N) is 4. The van der Waals surface area contributed by atoms with Crippen LogP contribution in [-0.2, 0) is 24.0 Å². The average Bonchev–Trinajstić information content (AvgIpc) is 3.43. The Hall–Kier alpha value is -4.03. The summed E-state index contributed by atoms with van der Waals surface area (Å²) in [5.41, 5.74) is 6.12. The van der Waals surface area contributed by atoms with Crippen LogP contribution in [0, 0.1) is 0 Å². The molecule has 2 aromatic heterocycles. The summed E-state index contributed by atoms with van der Waals surface area (Å²) in [6.45, 7) is -0.762. The van der Waals surface area contributed by atoms with Gasteiger partial charge in [0.1, 0.15) is 30.2 Å². The number of aliphatic hydroxyl groups excluding tert-OH is 2. The first-order valence-electron chi connectivity index (χ1n) is 11.0. The molecule has 202 valence electrons. The highest BCUT2D eigenvalue weighted by molar-refractivity contribution is 7.85. The lowest BCUT2D eigenvalue weighted by molar-refractivity contribution is -0.119. The van der Waals surface area contributed by atoms with Crippen molar-refractivity contribution in [3.63, 3.8) is 0 Å². The molecule has 1 aromatic carbocycles. The van der Waals surface area contributed by atoms with Crippen LogP contribution in [0.4, 0.5) is 5.82 Å². The number of ketones is 1. The van der Waals surface area contributed by atoms with Crippen molar-refractivity contribution in [2.24, 2.45) is 0 Å². The highest BCUT2D eigenvalue weighted by Gasteiger charge is 2.45. The zero-order chi connectivity index (χ0) is 27.6. The number of nitrogens with one attached hydrogen (secondary N) is 1. The van der Waals surface area contributed by atoms with Crippen LogP contribution >= 0.6 is 0 Å². The number of carboxylic acids is 1. The second-order valence-electron chi connectivity index (χ2n) is 8.20. The van der Waals surface area contributed by atoms with Gasteiger partial charge in [-0.3, -0.25) is 18.3 Å². The van der Waals surface area contributed by atoms with Gasteiger partial charge in [-0.15, -0.1) is 0 Å². The molecule has 4 rings (SSSR count). The number of hydrogen-bond acceptors (Lipinski definition) is 13. The van der Waals surface area contributed by atoms with Crippen molar-refractivity contribution >= 4 is 44.9 Å². The number of carboxylic acid groups (broad SMARTS) is 1. The summed E-state index contributed by atoms with van der Waals surface area (Å²) in [5, 5.41) is 29.8. The molecular weight excluding hydrogens is 528 g/mol. The first kappa shape index (κ1) is 27.0. The molecule has 0 radical (unpaired) electrons.